The van der Waals surface area contributed by atoms with Crippen LogP contribution in [-0.4, -0.2) is 80.6 Å². The predicted molar refractivity (Wildman–Crippen MR) is 166 cm³/mol. The van der Waals surface area contributed by atoms with Crippen molar-refractivity contribution in [2.75, 3.05) is 26.4 Å². The number of esters is 1. The molecule has 3 N–H and O–H groups in total. The van der Waals surface area contributed by atoms with E-state index in [4.69, 9.17) is 24.7 Å². The molecule has 0 saturated carbocycles. The molecule has 3 unspecified atom stereocenters. The summed E-state index contributed by atoms with van der Waals surface area (Å²) in [6.45, 7) is 2.56. The Morgan fingerprint density at radius 3 is 2.18 bits per heavy atom. The number of unbranched alkanes of at least 4 members (excludes halogenated alkanes) is 13. The molecule has 0 spiro atoms. The fraction of sp³-hybridized carbons (Fsp3) is 0.906. The molecule has 45 heavy (non-hydrogen) atoms. The average molecular weight is 672 g/mol. The van der Waals surface area contributed by atoms with Gasteiger partial charge in [0, 0.05) is 25.5 Å². The topological polar surface area (TPSA) is 167 Å². The van der Waals surface area contributed by atoms with Gasteiger partial charge in [0.05, 0.1) is 38.1 Å². The summed E-state index contributed by atoms with van der Waals surface area (Å²) in [5.74, 6) is -0.839. The van der Waals surface area contributed by atoms with Gasteiger partial charge in [0.25, 0.3) is 0 Å². The molecule has 2 bridgehead atoms. The number of allylic oxidation sites excluding steroid dienone is 1. The Bertz CT molecular complexity index is 908. The van der Waals surface area contributed by atoms with Crippen LogP contribution in [0.5, 0.6) is 0 Å². The molecular weight excluding hydrogens is 613 g/mol. The van der Waals surface area contributed by atoms with Crippen LogP contribution >= 0.6 is 0 Å². The van der Waals surface area contributed by atoms with Crippen molar-refractivity contribution in [3.05, 3.63) is 12.2 Å². The molecule has 2 rings (SSSR count). The molecule has 2 heterocycles. The van der Waals surface area contributed by atoms with E-state index in [-0.39, 0.29) is 60.9 Å². The van der Waals surface area contributed by atoms with Gasteiger partial charge in [0.2, 0.25) is 10.4 Å². The number of carbonyl (C=O) groups is 1. The van der Waals surface area contributed by atoms with Gasteiger partial charge in [-0.05, 0) is 45.4 Å². The maximum Gasteiger partial charge on any atom is 1.00 e. The summed E-state index contributed by atoms with van der Waals surface area (Å²) in [4.78, 5) is 11.4. The fourth-order valence-corrected chi connectivity index (χ4v) is 6.28. The fourth-order valence-electron chi connectivity index (χ4n) is 5.94. The summed E-state index contributed by atoms with van der Waals surface area (Å²) in [5, 5.41) is 10.5. The van der Waals surface area contributed by atoms with Gasteiger partial charge in [-0.2, -0.15) is 0 Å². The van der Waals surface area contributed by atoms with Gasteiger partial charge in [-0.15, -0.1) is 0 Å². The van der Waals surface area contributed by atoms with E-state index >= 15 is 0 Å². The zero-order valence-corrected chi connectivity index (χ0v) is 30.7. The van der Waals surface area contributed by atoms with Gasteiger partial charge >= 0.3 is 35.5 Å². The molecule has 0 aromatic heterocycles. The maximum atomic E-state index is 11.4. The first-order valence-corrected chi connectivity index (χ1v) is 18.3. The number of carbonyl (C=O) groups excluding carboxylic acids is 1. The van der Waals surface area contributed by atoms with E-state index < -0.39 is 28.3 Å². The van der Waals surface area contributed by atoms with E-state index in [1.807, 2.05) is 6.08 Å². The van der Waals surface area contributed by atoms with Crippen molar-refractivity contribution < 1.29 is 75.6 Å². The Hall–Kier alpha value is -0.120. The summed E-state index contributed by atoms with van der Waals surface area (Å²) in [7, 11) is -4.70. The number of nitrogens with two attached hydrogens (primary N) is 1. The Balaban J connectivity index is 0.0000101. The Morgan fingerprint density at radius 1 is 0.978 bits per heavy atom. The van der Waals surface area contributed by atoms with Crippen molar-refractivity contribution in [3.8, 4) is 0 Å². The number of ether oxygens (including phenoxy) is 4. The van der Waals surface area contributed by atoms with Crippen molar-refractivity contribution in [3.63, 3.8) is 0 Å². The molecule has 2 fully saturated rings. The van der Waals surface area contributed by atoms with E-state index in [0.29, 0.717) is 13.2 Å². The van der Waals surface area contributed by atoms with E-state index in [1.54, 1.807) is 6.92 Å². The summed E-state index contributed by atoms with van der Waals surface area (Å²) < 4.78 is 58.3. The van der Waals surface area contributed by atoms with Gasteiger partial charge in [-0.3, -0.25) is 4.18 Å². The van der Waals surface area contributed by atoms with E-state index in [2.05, 4.69) is 4.18 Å². The zero-order valence-electron chi connectivity index (χ0n) is 27.8. The number of hydrogen-bond donors (Lipinski definition) is 2. The first-order chi connectivity index (χ1) is 21.1. The van der Waals surface area contributed by atoms with Crippen LogP contribution in [0.3, 0.4) is 0 Å². The van der Waals surface area contributed by atoms with Crippen molar-refractivity contribution >= 4 is 16.4 Å². The van der Waals surface area contributed by atoms with Crippen LogP contribution in [-0.2, 0) is 38.3 Å². The Morgan fingerprint density at radius 2 is 1.58 bits per heavy atom. The molecule has 13 heteroatoms. The van der Waals surface area contributed by atoms with Gasteiger partial charge in [0.15, 0.2) is 5.79 Å². The molecule has 0 radical (unpaired) electrons. The van der Waals surface area contributed by atoms with Gasteiger partial charge in [-0.1, -0.05) is 76.7 Å². The first-order valence-electron chi connectivity index (χ1n) is 16.9. The second-order valence-corrected chi connectivity index (χ2v) is 13.3. The monoisotopic (exact) mass is 671 g/mol. The summed E-state index contributed by atoms with van der Waals surface area (Å²) in [6, 6.07) is -0.625. The van der Waals surface area contributed by atoms with E-state index in [1.165, 1.54) is 70.3 Å². The second kappa shape index (κ2) is 24.9. The molecule has 0 aromatic carbocycles. The molecule has 2 aliphatic heterocycles. The minimum Gasteiger partial charge on any atom is -0.726 e. The number of aliphatic hydroxyl groups is 1. The predicted octanol–water partition coefficient (Wildman–Crippen LogP) is 2.20. The smallest absolute Gasteiger partial charge is 0.726 e. The number of aliphatic hydroxyl groups excluding tert-OH is 1. The Kier molecular flexibility index (Phi) is 23.8. The van der Waals surface area contributed by atoms with Gasteiger partial charge in [-0.25, -0.2) is 13.2 Å². The number of hydrogen-bond acceptors (Lipinski definition) is 11. The van der Waals surface area contributed by atoms with Crippen LogP contribution in [0.2, 0.25) is 0 Å². The van der Waals surface area contributed by atoms with Gasteiger partial charge in [0.1, 0.15) is 6.10 Å². The van der Waals surface area contributed by atoms with Crippen LogP contribution in [0.1, 0.15) is 129 Å². The first kappa shape index (κ1) is 42.9. The molecule has 0 aromatic rings. The van der Waals surface area contributed by atoms with Crippen molar-refractivity contribution in [1.82, 2.24) is 0 Å². The zero-order chi connectivity index (χ0) is 32.1. The largest absolute Gasteiger partial charge is 1.00 e. The van der Waals surface area contributed by atoms with Crippen LogP contribution < -0.4 is 35.3 Å². The molecule has 11 nitrogen and oxygen atoms in total. The van der Waals surface area contributed by atoms with Gasteiger partial charge < -0.3 is 34.3 Å². The van der Waals surface area contributed by atoms with Crippen molar-refractivity contribution in [1.29, 1.82) is 0 Å². The summed E-state index contributed by atoms with van der Waals surface area (Å²) in [6.07, 6.45) is 22.9. The van der Waals surface area contributed by atoms with Crippen molar-refractivity contribution in [2.45, 2.75) is 159 Å². The van der Waals surface area contributed by atoms with Crippen LogP contribution in [0.4, 0.5) is 0 Å². The third kappa shape index (κ3) is 20.1. The number of fused-ring (bicyclic) bond motifs is 2. The number of rotatable bonds is 27. The quantitative estimate of drug-likeness (QED) is 0.0328. The molecule has 5 atom stereocenters. The second-order valence-electron chi connectivity index (χ2n) is 12.2. The molecule has 2 saturated heterocycles. The molecule has 258 valence electrons. The minimum absolute atomic E-state index is 0. The standard InChI is InChI=1S/C32H59NO10S.Na/c1-2-40-30(35)20-16-14-15-19-29-31-28(34)21-23-32(42-29,43-31)22-17-12-10-8-6-4-3-5-7-9-11-13-18-24-39-25-27(33)26-41-44(36,37)38;/h16,20,27-29,31,34H,2-15,17-19,21-26,33H2,1H3,(H,36,37,38);/q;+1/p-1/b20-16+;/t27-,28?,29+,31?,32?;/m0./s1. The third-order valence-corrected chi connectivity index (χ3v) is 8.71. The third-order valence-electron chi connectivity index (χ3n) is 8.29. The maximum absolute atomic E-state index is 11.4. The van der Waals surface area contributed by atoms with Crippen molar-refractivity contribution in [2.24, 2.45) is 5.73 Å². The molecule has 0 aliphatic carbocycles. The Labute approximate surface area is 293 Å². The van der Waals surface area contributed by atoms with Crippen LogP contribution in [0.25, 0.3) is 0 Å². The minimum atomic E-state index is -4.70. The summed E-state index contributed by atoms with van der Waals surface area (Å²) in [5.41, 5.74) is 5.64. The molecule has 0 amide bonds. The summed E-state index contributed by atoms with van der Waals surface area (Å²) >= 11 is 0. The SMILES string of the molecule is CCOC(=O)/C=C/CCC[C@H]1OC2(CCCCCCCCCCCCCCCOC[C@H](N)COS(=O)(=O)[O-])CCC(O)C1O2.[Na+]. The van der Waals surface area contributed by atoms with Crippen LogP contribution in [0, 0.1) is 0 Å². The van der Waals surface area contributed by atoms with Crippen LogP contribution in [0.15, 0.2) is 12.2 Å². The normalized spacial score (nSPS) is 23.7. The average Bonchev–Trinajstić information content (AvgIpc) is 3.28. The molecular formula is C32H58NNaO10S. The molecule has 2 aliphatic rings. The van der Waals surface area contributed by atoms with E-state index in [0.717, 1.165) is 57.8 Å². The van der Waals surface area contributed by atoms with E-state index in [9.17, 15) is 22.9 Å².